The fourth-order valence-electron chi connectivity index (χ4n) is 5.51. The molecule has 8 nitrogen and oxygen atoms in total. The van der Waals surface area contributed by atoms with Gasteiger partial charge in [-0.3, -0.25) is 9.98 Å². The molecule has 0 radical (unpaired) electrons. The quantitative estimate of drug-likeness (QED) is 0.123. The number of carbonyl (C=O) groups is 2. The SMILES string of the molecule is C/C(O)=C(\C=N[C@@H](c1c(C)cc(C)cc1C)[C@@H](N=C/C(C(=O)OC(C)(C)C)=C(/C)O)c1c(C)cc(C)cc1C)C(=O)OC(C)(C)C. The van der Waals surface area contributed by atoms with Gasteiger partial charge in [0, 0.05) is 12.4 Å². The van der Waals surface area contributed by atoms with Crippen molar-refractivity contribution in [2.24, 2.45) is 9.98 Å². The van der Waals surface area contributed by atoms with E-state index < -0.39 is 35.2 Å². The maximum absolute atomic E-state index is 13.1. The summed E-state index contributed by atoms with van der Waals surface area (Å²) >= 11 is 0. The molecule has 2 aromatic carbocycles. The first-order valence-electron chi connectivity index (χ1n) is 15.5. The molecule has 2 aromatic rings. The van der Waals surface area contributed by atoms with E-state index in [0.29, 0.717) is 0 Å². The number of aliphatic imine (C=N–C) groups is 2. The molecule has 2 atom stereocenters. The molecule has 0 aromatic heterocycles. The van der Waals surface area contributed by atoms with Crippen LogP contribution in [0.2, 0.25) is 0 Å². The Morgan fingerprint density at radius 2 is 0.870 bits per heavy atom. The molecule has 0 aliphatic carbocycles. The summed E-state index contributed by atoms with van der Waals surface area (Å²) in [6.07, 6.45) is 2.69. The van der Waals surface area contributed by atoms with Crippen molar-refractivity contribution in [1.29, 1.82) is 0 Å². The zero-order valence-electron chi connectivity index (χ0n) is 30.0. The third-order valence-electron chi connectivity index (χ3n) is 7.11. The summed E-state index contributed by atoms with van der Waals surface area (Å²) < 4.78 is 11.1. The number of aryl methyl sites for hydroxylation is 6. The molecular formula is C38H52N2O6. The lowest BCUT2D eigenvalue weighted by Gasteiger charge is -2.28. The highest BCUT2D eigenvalue weighted by molar-refractivity contribution is 6.10. The van der Waals surface area contributed by atoms with Gasteiger partial charge in [0.25, 0.3) is 0 Å². The monoisotopic (exact) mass is 632 g/mol. The fraction of sp³-hybridized carbons (Fsp3) is 0.474. The van der Waals surface area contributed by atoms with Crippen LogP contribution in [0.1, 0.15) is 112 Å². The summed E-state index contributed by atoms with van der Waals surface area (Å²) in [4.78, 5) is 36.2. The number of carbonyl (C=O) groups excluding carboxylic acids is 2. The normalized spacial score (nSPS) is 15.0. The smallest absolute Gasteiger partial charge is 0.343 e. The number of aliphatic hydroxyl groups excluding tert-OH is 2. The molecule has 0 amide bonds. The molecule has 2 rings (SSSR count). The van der Waals surface area contributed by atoms with Gasteiger partial charge in [0.1, 0.15) is 46.0 Å². The molecule has 46 heavy (non-hydrogen) atoms. The van der Waals surface area contributed by atoms with Crippen molar-refractivity contribution in [1.82, 2.24) is 0 Å². The van der Waals surface area contributed by atoms with Gasteiger partial charge in [-0.2, -0.15) is 0 Å². The van der Waals surface area contributed by atoms with Gasteiger partial charge in [-0.05, 0) is 130 Å². The Balaban J connectivity index is 2.99. The van der Waals surface area contributed by atoms with Crippen molar-refractivity contribution in [3.8, 4) is 0 Å². The van der Waals surface area contributed by atoms with Crippen LogP contribution < -0.4 is 0 Å². The zero-order valence-corrected chi connectivity index (χ0v) is 30.0. The molecular weight excluding hydrogens is 580 g/mol. The highest BCUT2D eigenvalue weighted by atomic mass is 16.6. The number of rotatable bonds is 9. The second kappa shape index (κ2) is 14.9. The minimum Gasteiger partial charge on any atom is -0.512 e. The molecule has 0 aliphatic rings. The van der Waals surface area contributed by atoms with Crippen molar-refractivity contribution in [2.75, 3.05) is 0 Å². The second-order valence-corrected chi connectivity index (χ2v) is 14.1. The van der Waals surface area contributed by atoms with Crippen molar-refractivity contribution in [3.05, 3.63) is 91.4 Å². The Morgan fingerprint density at radius 1 is 0.609 bits per heavy atom. The molecule has 8 heteroatoms. The Bertz CT molecular complexity index is 1420. The molecule has 0 heterocycles. The number of benzene rings is 2. The molecule has 0 fully saturated rings. The molecule has 250 valence electrons. The fourth-order valence-corrected chi connectivity index (χ4v) is 5.51. The lowest BCUT2D eigenvalue weighted by molar-refractivity contribution is -0.150. The summed E-state index contributed by atoms with van der Waals surface area (Å²) in [5.41, 5.74) is 6.04. The van der Waals surface area contributed by atoms with Crippen LogP contribution in [0.4, 0.5) is 0 Å². The van der Waals surface area contributed by atoms with E-state index in [-0.39, 0.29) is 22.7 Å². The van der Waals surface area contributed by atoms with E-state index in [2.05, 4.69) is 24.3 Å². The molecule has 0 unspecified atom stereocenters. The van der Waals surface area contributed by atoms with E-state index in [0.717, 1.165) is 44.5 Å². The van der Waals surface area contributed by atoms with Crippen LogP contribution in [0.25, 0.3) is 0 Å². The van der Waals surface area contributed by atoms with E-state index >= 15 is 0 Å². The summed E-state index contributed by atoms with van der Waals surface area (Å²) in [5.74, 6) is -1.88. The van der Waals surface area contributed by atoms with Crippen molar-refractivity contribution < 1.29 is 29.3 Å². The summed E-state index contributed by atoms with van der Waals surface area (Å²) in [6, 6.07) is 6.82. The highest BCUT2D eigenvalue weighted by Crippen LogP contribution is 2.42. The van der Waals surface area contributed by atoms with Crippen LogP contribution in [0.3, 0.4) is 0 Å². The van der Waals surface area contributed by atoms with Gasteiger partial charge in [0.2, 0.25) is 0 Å². The van der Waals surface area contributed by atoms with Crippen LogP contribution in [-0.4, -0.2) is 45.8 Å². The standard InChI is InChI=1S/C38H52N2O6/c1-21-15-23(3)31(24(4)16-21)33(39-19-29(27(7)41)35(43)45-37(9,10)11)34(32-25(5)17-22(2)18-26(32)6)40-20-30(28(8)42)36(44)46-38(12,13)14/h15-20,33-34,41-42H,1-14H3/b29-27-,30-28+,39-19?,40-20?/t33-,34-/m0/s1. The average molecular weight is 633 g/mol. The first kappa shape index (κ1) is 38.0. The third kappa shape index (κ3) is 10.4. The molecule has 0 aliphatic heterocycles. The van der Waals surface area contributed by atoms with E-state index in [9.17, 15) is 19.8 Å². The van der Waals surface area contributed by atoms with E-state index in [4.69, 9.17) is 19.5 Å². The molecule has 0 bridgehead atoms. The molecule has 2 N–H and O–H groups in total. The van der Waals surface area contributed by atoms with Gasteiger partial charge in [0.05, 0.1) is 0 Å². The summed E-state index contributed by atoms with van der Waals surface area (Å²) in [5, 5.41) is 21.1. The topological polar surface area (TPSA) is 118 Å². The minimum absolute atomic E-state index is 0.0806. The first-order valence-corrected chi connectivity index (χ1v) is 15.5. The van der Waals surface area contributed by atoms with E-state index in [1.165, 1.54) is 26.3 Å². The lowest BCUT2D eigenvalue weighted by atomic mass is 9.84. The van der Waals surface area contributed by atoms with Crippen LogP contribution >= 0.6 is 0 Å². The number of hydrogen-bond acceptors (Lipinski definition) is 8. The molecule has 0 spiro atoms. The largest absolute Gasteiger partial charge is 0.512 e. The summed E-state index contributed by atoms with van der Waals surface area (Å²) in [7, 11) is 0. The van der Waals surface area contributed by atoms with Crippen LogP contribution in [-0.2, 0) is 19.1 Å². The molecule has 0 saturated carbocycles. The second-order valence-electron chi connectivity index (χ2n) is 14.1. The highest BCUT2D eigenvalue weighted by Gasteiger charge is 2.31. The Morgan fingerprint density at radius 3 is 1.09 bits per heavy atom. The van der Waals surface area contributed by atoms with Crippen LogP contribution in [0, 0.1) is 41.5 Å². The number of ether oxygens (including phenoxy) is 2. The Labute approximate surface area is 275 Å². The van der Waals surface area contributed by atoms with E-state index in [1.807, 2.05) is 41.5 Å². The van der Waals surface area contributed by atoms with Gasteiger partial charge in [-0.25, -0.2) is 9.59 Å². The Hall–Kier alpha value is -4.20. The average Bonchev–Trinajstić information content (AvgIpc) is 2.83. The zero-order chi connectivity index (χ0) is 35.3. The predicted molar refractivity (Wildman–Crippen MR) is 186 cm³/mol. The number of allylic oxidation sites excluding steroid dienone is 2. The van der Waals surface area contributed by atoms with Crippen LogP contribution in [0.15, 0.2) is 56.9 Å². The van der Waals surface area contributed by atoms with Gasteiger partial charge in [-0.15, -0.1) is 0 Å². The number of nitrogens with zero attached hydrogens (tertiary/aromatic N) is 2. The summed E-state index contributed by atoms with van der Waals surface area (Å²) in [6.45, 7) is 25.4. The molecule has 0 saturated heterocycles. The predicted octanol–water partition coefficient (Wildman–Crippen LogP) is 8.81. The van der Waals surface area contributed by atoms with Crippen LogP contribution in [0.5, 0.6) is 0 Å². The van der Waals surface area contributed by atoms with Crippen molar-refractivity contribution in [3.63, 3.8) is 0 Å². The lowest BCUT2D eigenvalue weighted by Crippen LogP contribution is -2.26. The Kier molecular flexibility index (Phi) is 12.3. The maximum atomic E-state index is 13.1. The van der Waals surface area contributed by atoms with Gasteiger partial charge in [-0.1, -0.05) is 35.4 Å². The maximum Gasteiger partial charge on any atom is 0.343 e. The number of esters is 2. The van der Waals surface area contributed by atoms with Crippen molar-refractivity contribution >= 4 is 24.4 Å². The number of hydrogen-bond donors (Lipinski definition) is 2. The van der Waals surface area contributed by atoms with Gasteiger partial charge in [0.15, 0.2) is 0 Å². The minimum atomic E-state index is -0.787. The van der Waals surface area contributed by atoms with Crippen molar-refractivity contribution in [2.45, 2.75) is 120 Å². The first-order chi connectivity index (χ1) is 21.0. The third-order valence-corrected chi connectivity index (χ3v) is 7.11. The van der Waals surface area contributed by atoms with E-state index in [1.54, 1.807) is 41.5 Å². The van der Waals surface area contributed by atoms with Gasteiger partial charge < -0.3 is 19.7 Å². The van der Waals surface area contributed by atoms with Gasteiger partial charge >= 0.3 is 11.9 Å². The number of aliphatic hydroxyl groups is 2.